The molecule has 0 atom stereocenters. The number of halogens is 3. The van der Waals surface area contributed by atoms with Crippen molar-refractivity contribution >= 4 is 17.1 Å². The third kappa shape index (κ3) is 3.29. The Bertz CT molecular complexity index is 618. The zero-order valence-electron chi connectivity index (χ0n) is 11.9. The zero-order chi connectivity index (χ0) is 15.6. The van der Waals surface area contributed by atoms with Crippen LogP contribution < -0.4 is 10.6 Å². The Morgan fingerprint density at radius 2 is 1.67 bits per heavy atom. The average Bonchev–Trinajstić information content (AvgIpc) is 2.42. The van der Waals surface area contributed by atoms with Crippen molar-refractivity contribution in [3.8, 4) is 0 Å². The van der Waals surface area contributed by atoms with Gasteiger partial charge in [0.2, 0.25) is 0 Å². The predicted octanol–water partition coefficient (Wildman–Crippen LogP) is 4.75. The SMILES string of the molecule is CCN(c1ccc(C)cc1)c1ccc(N)cc1C(F)(F)F. The molecule has 0 aliphatic heterocycles. The minimum atomic E-state index is -4.44. The molecule has 0 aromatic heterocycles. The Balaban J connectivity index is 2.55. The van der Waals surface area contributed by atoms with Gasteiger partial charge in [0.05, 0.1) is 11.3 Å². The molecule has 2 rings (SSSR count). The summed E-state index contributed by atoms with van der Waals surface area (Å²) < 4.78 is 39.7. The largest absolute Gasteiger partial charge is 0.418 e. The van der Waals surface area contributed by atoms with Crippen LogP contribution in [0.5, 0.6) is 0 Å². The van der Waals surface area contributed by atoms with Gasteiger partial charge < -0.3 is 10.6 Å². The van der Waals surface area contributed by atoms with Crippen LogP contribution >= 0.6 is 0 Å². The second kappa shape index (κ2) is 5.68. The molecule has 0 saturated carbocycles. The molecule has 5 heteroatoms. The lowest BCUT2D eigenvalue weighted by molar-refractivity contribution is -0.137. The van der Waals surface area contributed by atoms with Crippen LogP contribution in [-0.4, -0.2) is 6.54 Å². The zero-order valence-corrected chi connectivity index (χ0v) is 11.9. The number of aryl methyl sites for hydroxylation is 1. The summed E-state index contributed by atoms with van der Waals surface area (Å²) in [6.07, 6.45) is -4.44. The second-order valence-electron chi connectivity index (χ2n) is 4.85. The van der Waals surface area contributed by atoms with E-state index in [1.54, 1.807) is 4.90 Å². The fourth-order valence-electron chi connectivity index (χ4n) is 2.23. The molecule has 2 N–H and O–H groups in total. The van der Waals surface area contributed by atoms with Gasteiger partial charge in [-0.15, -0.1) is 0 Å². The second-order valence-corrected chi connectivity index (χ2v) is 4.85. The molecule has 0 saturated heterocycles. The van der Waals surface area contributed by atoms with Crippen LogP contribution in [0.4, 0.5) is 30.2 Å². The Morgan fingerprint density at radius 1 is 1.05 bits per heavy atom. The molecule has 21 heavy (non-hydrogen) atoms. The number of alkyl halides is 3. The van der Waals surface area contributed by atoms with Crippen LogP contribution in [-0.2, 0) is 6.18 Å². The molecule has 0 bridgehead atoms. The number of anilines is 3. The molecule has 0 aliphatic rings. The molecule has 112 valence electrons. The van der Waals surface area contributed by atoms with Crippen LogP contribution in [0.3, 0.4) is 0 Å². The lowest BCUT2D eigenvalue weighted by Crippen LogP contribution is -2.21. The number of hydrogen-bond donors (Lipinski definition) is 1. The van der Waals surface area contributed by atoms with Crippen molar-refractivity contribution in [2.75, 3.05) is 17.2 Å². The number of benzene rings is 2. The number of hydrogen-bond acceptors (Lipinski definition) is 2. The maximum Gasteiger partial charge on any atom is 0.418 e. The summed E-state index contributed by atoms with van der Waals surface area (Å²) in [6.45, 7) is 4.18. The lowest BCUT2D eigenvalue weighted by atomic mass is 10.1. The van der Waals surface area contributed by atoms with Gasteiger partial charge in [0.25, 0.3) is 0 Å². The van der Waals surface area contributed by atoms with Crippen molar-refractivity contribution in [2.45, 2.75) is 20.0 Å². The summed E-state index contributed by atoms with van der Waals surface area (Å²) >= 11 is 0. The first-order valence-corrected chi connectivity index (χ1v) is 6.64. The van der Waals surface area contributed by atoms with Crippen molar-refractivity contribution in [3.63, 3.8) is 0 Å². The molecule has 2 nitrogen and oxygen atoms in total. The van der Waals surface area contributed by atoms with E-state index in [1.807, 2.05) is 38.1 Å². The van der Waals surface area contributed by atoms with Crippen LogP contribution in [0.2, 0.25) is 0 Å². The van der Waals surface area contributed by atoms with E-state index in [2.05, 4.69) is 0 Å². The van der Waals surface area contributed by atoms with Crippen molar-refractivity contribution in [1.29, 1.82) is 0 Å². The third-order valence-electron chi connectivity index (χ3n) is 3.28. The van der Waals surface area contributed by atoms with Crippen LogP contribution in [0.1, 0.15) is 18.1 Å². The van der Waals surface area contributed by atoms with E-state index in [-0.39, 0.29) is 11.4 Å². The van der Waals surface area contributed by atoms with Crippen LogP contribution in [0.15, 0.2) is 42.5 Å². The van der Waals surface area contributed by atoms with E-state index in [1.165, 1.54) is 12.1 Å². The highest BCUT2D eigenvalue weighted by Gasteiger charge is 2.35. The molecule has 0 aliphatic carbocycles. The summed E-state index contributed by atoms with van der Waals surface area (Å²) in [5, 5.41) is 0. The highest BCUT2D eigenvalue weighted by molar-refractivity contribution is 5.69. The minimum Gasteiger partial charge on any atom is -0.399 e. The maximum atomic E-state index is 13.2. The van der Waals surface area contributed by atoms with E-state index in [9.17, 15) is 13.2 Å². The van der Waals surface area contributed by atoms with Gasteiger partial charge >= 0.3 is 6.18 Å². The molecule has 0 heterocycles. The van der Waals surface area contributed by atoms with E-state index in [0.717, 1.165) is 17.3 Å². The molecular formula is C16H17F3N2. The Hall–Kier alpha value is -2.17. The van der Waals surface area contributed by atoms with E-state index in [0.29, 0.717) is 6.54 Å². The highest BCUT2D eigenvalue weighted by atomic mass is 19.4. The van der Waals surface area contributed by atoms with Gasteiger partial charge in [-0.25, -0.2) is 0 Å². The minimum absolute atomic E-state index is 0.103. The van der Waals surface area contributed by atoms with Gasteiger partial charge in [-0.05, 0) is 44.2 Å². The van der Waals surface area contributed by atoms with E-state index >= 15 is 0 Å². The summed E-state index contributed by atoms with van der Waals surface area (Å²) in [6, 6.07) is 11.3. The molecule has 2 aromatic carbocycles. The number of nitrogens with zero attached hydrogens (tertiary/aromatic N) is 1. The quantitative estimate of drug-likeness (QED) is 0.827. The summed E-state index contributed by atoms with van der Waals surface area (Å²) in [5.41, 5.74) is 6.78. The van der Waals surface area contributed by atoms with Gasteiger partial charge in [-0.3, -0.25) is 0 Å². The van der Waals surface area contributed by atoms with E-state index < -0.39 is 11.7 Å². The van der Waals surface area contributed by atoms with Gasteiger partial charge in [-0.1, -0.05) is 17.7 Å². The topological polar surface area (TPSA) is 29.3 Å². The Labute approximate surface area is 122 Å². The fourth-order valence-corrected chi connectivity index (χ4v) is 2.23. The van der Waals surface area contributed by atoms with Crippen molar-refractivity contribution in [1.82, 2.24) is 0 Å². The molecule has 0 amide bonds. The van der Waals surface area contributed by atoms with Gasteiger partial charge in [0, 0.05) is 17.9 Å². The molecule has 0 unspecified atom stereocenters. The Morgan fingerprint density at radius 3 is 2.19 bits per heavy atom. The monoisotopic (exact) mass is 294 g/mol. The predicted molar refractivity (Wildman–Crippen MR) is 79.7 cm³/mol. The van der Waals surface area contributed by atoms with Gasteiger partial charge in [0.15, 0.2) is 0 Å². The maximum absolute atomic E-state index is 13.2. The molecule has 2 aromatic rings. The fraction of sp³-hybridized carbons (Fsp3) is 0.250. The first-order chi connectivity index (χ1) is 9.82. The summed E-state index contributed by atoms with van der Waals surface area (Å²) in [4.78, 5) is 1.63. The molecular weight excluding hydrogens is 277 g/mol. The Kier molecular flexibility index (Phi) is 4.11. The first-order valence-electron chi connectivity index (χ1n) is 6.64. The van der Waals surface area contributed by atoms with Crippen molar-refractivity contribution in [2.24, 2.45) is 0 Å². The van der Waals surface area contributed by atoms with Crippen molar-refractivity contribution < 1.29 is 13.2 Å². The normalized spacial score (nSPS) is 11.5. The number of rotatable bonds is 3. The average molecular weight is 294 g/mol. The number of nitrogen functional groups attached to an aromatic ring is 1. The summed E-state index contributed by atoms with van der Waals surface area (Å²) in [5.74, 6) is 0. The smallest absolute Gasteiger partial charge is 0.399 e. The lowest BCUT2D eigenvalue weighted by Gasteiger charge is -2.27. The van der Waals surface area contributed by atoms with Gasteiger partial charge in [0.1, 0.15) is 0 Å². The summed E-state index contributed by atoms with van der Waals surface area (Å²) in [7, 11) is 0. The van der Waals surface area contributed by atoms with Gasteiger partial charge in [-0.2, -0.15) is 13.2 Å². The molecule has 0 radical (unpaired) electrons. The first kappa shape index (κ1) is 15.2. The van der Waals surface area contributed by atoms with Crippen molar-refractivity contribution in [3.05, 3.63) is 53.6 Å². The molecule has 0 spiro atoms. The van der Waals surface area contributed by atoms with E-state index in [4.69, 9.17) is 5.73 Å². The highest BCUT2D eigenvalue weighted by Crippen LogP contribution is 2.40. The third-order valence-corrected chi connectivity index (χ3v) is 3.28. The van der Waals surface area contributed by atoms with Crippen LogP contribution in [0.25, 0.3) is 0 Å². The standard InChI is InChI=1S/C16H17F3N2/c1-3-21(13-7-4-11(2)5-8-13)15-9-6-12(20)10-14(15)16(17,18)19/h4-10H,3,20H2,1-2H3. The number of nitrogens with two attached hydrogens (primary N) is 1. The van der Waals surface area contributed by atoms with Crippen LogP contribution in [0, 0.1) is 6.92 Å². The molecule has 0 fully saturated rings.